The van der Waals surface area contributed by atoms with Gasteiger partial charge in [-0.1, -0.05) is 11.8 Å². The lowest BCUT2D eigenvalue weighted by Gasteiger charge is -2.12. The second kappa shape index (κ2) is 5.67. The normalized spacial score (nSPS) is 12.2. The van der Waals surface area contributed by atoms with E-state index < -0.39 is 12.0 Å². The molecule has 1 heterocycles. The molecule has 0 aliphatic rings. The first-order valence-corrected chi connectivity index (χ1v) is 5.89. The van der Waals surface area contributed by atoms with Gasteiger partial charge in [-0.05, 0) is 6.92 Å². The van der Waals surface area contributed by atoms with Crippen LogP contribution in [-0.4, -0.2) is 43.5 Å². The summed E-state index contributed by atoms with van der Waals surface area (Å²) in [5.74, 6) is -0.474. The molecule has 17 heavy (non-hydrogen) atoms. The van der Waals surface area contributed by atoms with Gasteiger partial charge in [0.15, 0.2) is 5.16 Å². The van der Waals surface area contributed by atoms with Gasteiger partial charge in [0, 0.05) is 19.7 Å². The van der Waals surface area contributed by atoms with Gasteiger partial charge in [-0.25, -0.2) is 4.79 Å². The Bertz CT molecular complexity index is 432. The lowest BCUT2D eigenvalue weighted by atomic mass is 10.3. The Morgan fingerprint density at radius 1 is 1.53 bits per heavy atom. The summed E-state index contributed by atoms with van der Waals surface area (Å²) in [4.78, 5) is 21.7. The summed E-state index contributed by atoms with van der Waals surface area (Å²) in [6, 6.07) is -0.922. The van der Waals surface area contributed by atoms with Gasteiger partial charge in [0.1, 0.15) is 11.9 Å². The van der Waals surface area contributed by atoms with Crippen LogP contribution in [0.3, 0.4) is 0 Å². The molecule has 0 aromatic carbocycles. The van der Waals surface area contributed by atoms with Gasteiger partial charge < -0.3 is 15.0 Å². The molecule has 1 rings (SSSR count). The molecule has 7 nitrogen and oxygen atoms in total. The molecule has 0 aliphatic carbocycles. The smallest absolute Gasteiger partial charge is 0.327 e. The van der Waals surface area contributed by atoms with Crippen LogP contribution < -0.4 is 5.32 Å². The Balaban J connectivity index is 2.61. The number of thioether (sulfide) groups is 1. The Hall–Kier alpha value is -1.57. The van der Waals surface area contributed by atoms with Crippen molar-refractivity contribution >= 4 is 23.6 Å². The van der Waals surface area contributed by atoms with Gasteiger partial charge in [0.2, 0.25) is 5.91 Å². The maximum absolute atomic E-state index is 10.9. The van der Waals surface area contributed by atoms with E-state index in [1.54, 1.807) is 18.5 Å². The highest BCUT2D eigenvalue weighted by atomic mass is 32.2. The SMILES string of the molecule is CC(=O)NC(CSc1nnc(C)n1C)C(=O)O. The first-order valence-electron chi connectivity index (χ1n) is 4.90. The molecular weight excluding hydrogens is 244 g/mol. The van der Waals surface area contributed by atoms with Crippen molar-refractivity contribution in [1.82, 2.24) is 20.1 Å². The number of amides is 1. The number of hydrogen-bond acceptors (Lipinski definition) is 5. The Labute approximate surface area is 103 Å². The first-order chi connectivity index (χ1) is 7.91. The summed E-state index contributed by atoms with van der Waals surface area (Å²) >= 11 is 1.24. The lowest BCUT2D eigenvalue weighted by molar-refractivity contribution is -0.140. The third-order valence-corrected chi connectivity index (χ3v) is 3.22. The average Bonchev–Trinajstić information content (AvgIpc) is 2.54. The van der Waals surface area contributed by atoms with Crippen molar-refractivity contribution in [2.75, 3.05) is 5.75 Å². The summed E-state index contributed by atoms with van der Waals surface area (Å²) in [5.41, 5.74) is 0. The van der Waals surface area contributed by atoms with Crippen LogP contribution >= 0.6 is 11.8 Å². The number of hydrogen-bond donors (Lipinski definition) is 2. The Kier molecular flexibility index (Phi) is 4.50. The highest BCUT2D eigenvalue weighted by molar-refractivity contribution is 7.99. The summed E-state index contributed by atoms with van der Waals surface area (Å²) in [6.45, 7) is 3.09. The van der Waals surface area contributed by atoms with Crippen LogP contribution in [0.5, 0.6) is 0 Å². The van der Waals surface area contributed by atoms with Crippen molar-refractivity contribution in [3.05, 3.63) is 5.82 Å². The molecule has 0 bridgehead atoms. The third kappa shape index (κ3) is 3.74. The number of carboxylic acid groups (broad SMARTS) is 1. The van der Waals surface area contributed by atoms with E-state index in [4.69, 9.17) is 5.11 Å². The van der Waals surface area contributed by atoms with Gasteiger partial charge in [-0.3, -0.25) is 4.79 Å². The first kappa shape index (κ1) is 13.5. The van der Waals surface area contributed by atoms with Crippen LogP contribution in [0.15, 0.2) is 5.16 Å². The van der Waals surface area contributed by atoms with Crippen molar-refractivity contribution < 1.29 is 14.7 Å². The number of carbonyl (C=O) groups is 2. The molecule has 0 aliphatic heterocycles. The number of carbonyl (C=O) groups excluding carboxylic acids is 1. The predicted molar refractivity (Wildman–Crippen MR) is 61.7 cm³/mol. The predicted octanol–water partition coefficient (Wildman–Crippen LogP) is -0.195. The monoisotopic (exact) mass is 258 g/mol. The molecule has 1 unspecified atom stereocenters. The fraction of sp³-hybridized carbons (Fsp3) is 0.556. The van der Waals surface area contributed by atoms with E-state index >= 15 is 0 Å². The minimum Gasteiger partial charge on any atom is -0.480 e. The number of carboxylic acids is 1. The molecule has 1 aromatic rings. The average molecular weight is 258 g/mol. The van der Waals surface area contributed by atoms with Gasteiger partial charge in [-0.15, -0.1) is 10.2 Å². The van der Waals surface area contributed by atoms with E-state index in [1.165, 1.54) is 18.7 Å². The van der Waals surface area contributed by atoms with Crippen LogP contribution in [0, 0.1) is 6.92 Å². The highest BCUT2D eigenvalue weighted by Crippen LogP contribution is 2.16. The van der Waals surface area contributed by atoms with Crippen molar-refractivity contribution in [3.8, 4) is 0 Å². The lowest BCUT2D eigenvalue weighted by Crippen LogP contribution is -2.41. The van der Waals surface area contributed by atoms with E-state index in [1.807, 2.05) is 0 Å². The molecule has 8 heteroatoms. The zero-order chi connectivity index (χ0) is 13.0. The van der Waals surface area contributed by atoms with Crippen LogP contribution in [0.2, 0.25) is 0 Å². The second-order valence-electron chi connectivity index (χ2n) is 3.49. The molecule has 0 saturated heterocycles. The maximum Gasteiger partial charge on any atom is 0.327 e. The Morgan fingerprint density at radius 3 is 2.59 bits per heavy atom. The molecular formula is C9H14N4O3S. The number of aliphatic carboxylic acids is 1. The van der Waals surface area contributed by atoms with Gasteiger partial charge in [0.05, 0.1) is 0 Å². The van der Waals surface area contributed by atoms with E-state index in [2.05, 4.69) is 15.5 Å². The molecule has 1 amide bonds. The van der Waals surface area contributed by atoms with Crippen LogP contribution in [0.4, 0.5) is 0 Å². The molecule has 0 spiro atoms. The van der Waals surface area contributed by atoms with Crippen molar-refractivity contribution in [2.45, 2.75) is 25.0 Å². The summed E-state index contributed by atoms with van der Waals surface area (Å²) < 4.78 is 1.76. The summed E-state index contributed by atoms with van der Waals surface area (Å²) in [5, 5.41) is 19.6. The highest BCUT2D eigenvalue weighted by Gasteiger charge is 2.19. The van der Waals surface area contributed by atoms with Crippen molar-refractivity contribution in [3.63, 3.8) is 0 Å². The standard InChI is InChI=1S/C9H14N4O3S/c1-5-11-12-9(13(5)3)17-4-7(8(15)16)10-6(2)14/h7H,4H2,1-3H3,(H,10,14)(H,15,16). The minimum atomic E-state index is -1.06. The maximum atomic E-state index is 10.9. The van der Waals surface area contributed by atoms with Crippen molar-refractivity contribution in [1.29, 1.82) is 0 Å². The van der Waals surface area contributed by atoms with E-state index in [-0.39, 0.29) is 11.7 Å². The van der Waals surface area contributed by atoms with Crippen molar-refractivity contribution in [2.24, 2.45) is 7.05 Å². The fourth-order valence-corrected chi connectivity index (χ4v) is 2.06. The molecule has 0 radical (unpaired) electrons. The van der Waals surface area contributed by atoms with E-state index in [9.17, 15) is 9.59 Å². The Morgan fingerprint density at radius 2 is 2.18 bits per heavy atom. The van der Waals surface area contributed by atoms with Gasteiger partial charge >= 0.3 is 5.97 Å². The van der Waals surface area contributed by atoms with E-state index in [0.29, 0.717) is 5.16 Å². The molecule has 94 valence electrons. The largest absolute Gasteiger partial charge is 0.480 e. The topological polar surface area (TPSA) is 97.1 Å². The number of nitrogens with zero attached hydrogens (tertiary/aromatic N) is 3. The molecule has 2 N–H and O–H groups in total. The zero-order valence-electron chi connectivity index (χ0n) is 9.80. The molecule has 1 atom stereocenters. The molecule has 0 fully saturated rings. The van der Waals surface area contributed by atoms with Gasteiger partial charge in [0.25, 0.3) is 0 Å². The molecule has 0 saturated carbocycles. The number of rotatable bonds is 5. The second-order valence-corrected chi connectivity index (χ2v) is 4.48. The van der Waals surface area contributed by atoms with Crippen LogP contribution in [0.1, 0.15) is 12.7 Å². The van der Waals surface area contributed by atoms with Gasteiger partial charge in [-0.2, -0.15) is 0 Å². The zero-order valence-corrected chi connectivity index (χ0v) is 10.6. The number of aromatic nitrogens is 3. The van der Waals surface area contributed by atoms with Crippen LogP contribution in [0.25, 0.3) is 0 Å². The number of nitrogens with one attached hydrogen (secondary N) is 1. The third-order valence-electron chi connectivity index (χ3n) is 2.11. The minimum absolute atomic E-state index is 0.209. The summed E-state index contributed by atoms with van der Waals surface area (Å²) in [7, 11) is 1.80. The number of aryl methyl sites for hydroxylation is 1. The van der Waals surface area contributed by atoms with E-state index in [0.717, 1.165) is 5.82 Å². The quantitative estimate of drug-likeness (QED) is 0.710. The fourth-order valence-electron chi connectivity index (χ4n) is 1.09. The summed E-state index contributed by atoms with van der Waals surface area (Å²) in [6.07, 6.45) is 0. The molecule has 1 aromatic heterocycles. The van der Waals surface area contributed by atoms with Crippen LogP contribution in [-0.2, 0) is 16.6 Å².